The minimum Gasteiger partial charge on any atom is -0.395 e. The molecule has 0 atom stereocenters. The van der Waals surface area contributed by atoms with E-state index in [-0.39, 0.29) is 12.4 Å². The van der Waals surface area contributed by atoms with Crippen LogP contribution in [-0.4, -0.2) is 30.3 Å². The van der Waals surface area contributed by atoms with Crippen LogP contribution < -0.4 is 10.2 Å². The number of hydrogen-bond donors (Lipinski definition) is 2. The SMILES string of the molecule is Cc1cc(F)ccc1CNc1ccc(N(C)CCO)cn1. The van der Waals surface area contributed by atoms with Gasteiger partial charge in [-0.05, 0) is 42.3 Å². The van der Waals surface area contributed by atoms with Gasteiger partial charge < -0.3 is 15.3 Å². The van der Waals surface area contributed by atoms with Gasteiger partial charge in [0.1, 0.15) is 11.6 Å². The zero-order valence-corrected chi connectivity index (χ0v) is 12.3. The molecule has 0 saturated carbocycles. The average Bonchev–Trinajstić information content (AvgIpc) is 2.47. The molecule has 1 aromatic carbocycles. The highest BCUT2D eigenvalue weighted by Gasteiger charge is 2.03. The average molecular weight is 289 g/mol. The smallest absolute Gasteiger partial charge is 0.126 e. The second kappa shape index (κ2) is 7.04. The van der Waals surface area contributed by atoms with E-state index >= 15 is 0 Å². The quantitative estimate of drug-likeness (QED) is 0.858. The number of nitrogens with zero attached hydrogens (tertiary/aromatic N) is 2. The molecule has 0 fully saturated rings. The van der Waals surface area contributed by atoms with Gasteiger partial charge in [-0.2, -0.15) is 0 Å². The van der Waals surface area contributed by atoms with Gasteiger partial charge in [-0.3, -0.25) is 0 Å². The number of aliphatic hydroxyl groups is 1. The summed E-state index contributed by atoms with van der Waals surface area (Å²) < 4.78 is 13.0. The maximum Gasteiger partial charge on any atom is 0.126 e. The fourth-order valence-corrected chi connectivity index (χ4v) is 2.04. The fourth-order valence-electron chi connectivity index (χ4n) is 2.04. The molecule has 4 nitrogen and oxygen atoms in total. The molecule has 0 bridgehead atoms. The third-order valence-corrected chi connectivity index (χ3v) is 3.39. The van der Waals surface area contributed by atoms with Crippen molar-refractivity contribution in [3.63, 3.8) is 0 Å². The van der Waals surface area contributed by atoms with Gasteiger partial charge in [0.05, 0.1) is 18.5 Å². The maximum atomic E-state index is 13.0. The molecule has 2 N–H and O–H groups in total. The Morgan fingerprint density at radius 3 is 2.71 bits per heavy atom. The van der Waals surface area contributed by atoms with Crippen molar-refractivity contribution >= 4 is 11.5 Å². The van der Waals surface area contributed by atoms with Gasteiger partial charge in [0.15, 0.2) is 0 Å². The number of pyridine rings is 1. The highest BCUT2D eigenvalue weighted by Crippen LogP contribution is 2.15. The summed E-state index contributed by atoms with van der Waals surface area (Å²) in [5.41, 5.74) is 2.91. The number of aliphatic hydroxyl groups excluding tert-OH is 1. The van der Waals surface area contributed by atoms with Crippen molar-refractivity contribution in [2.45, 2.75) is 13.5 Å². The molecule has 5 heteroatoms. The minimum absolute atomic E-state index is 0.111. The highest BCUT2D eigenvalue weighted by molar-refractivity contribution is 5.49. The largest absolute Gasteiger partial charge is 0.395 e. The lowest BCUT2D eigenvalue weighted by molar-refractivity contribution is 0.304. The number of anilines is 2. The lowest BCUT2D eigenvalue weighted by atomic mass is 10.1. The molecule has 0 spiro atoms. The van der Waals surface area contributed by atoms with Gasteiger partial charge in [-0.25, -0.2) is 9.37 Å². The molecule has 112 valence electrons. The second-order valence-corrected chi connectivity index (χ2v) is 4.97. The summed E-state index contributed by atoms with van der Waals surface area (Å²) in [5.74, 6) is 0.547. The monoisotopic (exact) mass is 289 g/mol. The number of benzene rings is 1. The Kier molecular flexibility index (Phi) is 5.11. The number of halogens is 1. The highest BCUT2D eigenvalue weighted by atomic mass is 19.1. The molecule has 0 aliphatic heterocycles. The standard InChI is InChI=1S/C16H20FN3O/c1-12-9-14(17)4-3-13(12)10-18-16-6-5-15(11-19-16)20(2)7-8-21/h3-6,9,11,21H,7-8,10H2,1-2H3,(H,18,19). The Hall–Kier alpha value is -2.14. The maximum absolute atomic E-state index is 13.0. The van der Waals surface area contributed by atoms with Crippen molar-refractivity contribution in [2.75, 3.05) is 30.4 Å². The van der Waals surface area contributed by atoms with Crippen molar-refractivity contribution in [3.05, 3.63) is 53.5 Å². The van der Waals surface area contributed by atoms with E-state index in [2.05, 4.69) is 10.3 Å². The molecule has 0 aliphatic carbocycles. The van der Waals surface area contributed by atoms with Gasteiger partial charge in [0, 0.05) is 20.1 Å². The zero-order chi connectivity index (χ0) is 15.2. The molecule has 1 heterocycles. The van der Waals surface area contributed by atoms with Crippen molar-refractivity contribution < 1.29 is 9.50 Å². The molecule has 0 radical (unpaired) electrons. The Bertz CT molecular complexity index is 587. The summed E-state index contributed by atoms with van der Waals surface area (Å²) >= 11 is 0. The van der Waals surface area contributed by atoms with Crippen molar-refractivity contribution in [3.8, 4) is 0 Å². The molecule has 0 aliphatic rings. The van der Waals surface area contributed by atoms with Gasteiger partial charge in [-0.15, -0.1) is 0 Å². The van der Waals surface area contributed by atoms with E-state index in [1.165, 1.54) is 12.1 Å². The lowest BCUT2D eigenvalue weighted by Crippen LogP contribution is -2.21. The van der Waals surface area contributed by atoms with E-state index in [1.54, 1.807) is 12.3 Å². The second-order valence-electron chi connectivity index (χ2n) is 4.97. The van der Waals surface area contributed by atoms with Crippen LogP contribution in [0.1, 0.15) is 11.1 Å². The van der Waals surface area contributed by atoms with Crippen LogP contribution in [0.15, 0.2) is 36.5 Å². The van der Waals surface area contributed by atoms with Crippen molar-refractivity contribution in [1.82, 2.24) is 4.98 Å². The molecule has 21 heavy (non-hydrogen) atoms. The third-order valence-electron chi connectivity index (χ3n) is 3.39. The van der Waals surface area contributed by atoms with E-state index in [4.69, 9.17) is 5.11 Å². The zero-order valence-electron chi connectivity index (χ0n) is 12.3. The first-order chi connectivity index (χ1) is 10.1. The van der Waals surface area contributed by atoms with E-state index in [0.717, 1.165) is 22.6 Å². The fraction of sp³-hybridized carbons (Fsp3) is 0.312. The molecule has 0 saturated heterocycles. The van der Waals surface area contributed by atoms with Gasteiger partial charge in [-0.1, -0.05) is 6.07 Å². The Morgan fingerprint density at radius 1 is 1.29 bits per heavy atom. The molecule has 0 amide bonds. The van der Waals surface area contributed by atoms with Gasteiger partial charge in [0.2, 0.25) is 0 Å². The number of likely N-dealkylation sites (N-methyl/N-ethyl adjacent to an activating group) is 1. The first kappa shape index (κ1) is 15.3. The molecule has 1 aromatic heterocycles. The molecular weight excluding hydrogens is 269 g/mol. The molecular formula is C16H20FN3O. The van der Waals surface area contributed by atoms with Gasteiger partial charge in [0.25, 0.3) is 0 Å². The van der Waals surface area contributed by atoms with Crippen LogP contribution in [0.4, 0.5) is 15.9 Å². The number of aromatic nitrogens is 1. The summed E-state index contributed by atoms with van der Waals surface area (Å²) in [4.78, 5) is 6.27. The Morgan fingerprint density at radius 2 is 2.10 bits per heavy atom. The molecule has 2 aromatic rings. The predicted molar refractivity (Wildman–Crippen MR) is 83.1 cm³/mol. The van der Waals surface area contributed by atoms with Crippen LogP contribution >= 0.6 is 0 Å². The number of rotatable bonds is 6. The predicted octanol–water partition coefficient (Wildman–Crippen LogP) is 2.57. The number of aryl methyl sites for hydroxylation is 1. The molecule has 2 rings (SSSR count). The van der Waals surface area contributed by atoms with E-state index in [0.29, 0.717) is 13.1 Å². The lowest BCUT2D eigenvalue weighted by Gasteiger charge is -2.17. The Labute approximate surface area is 124 Å². The van der Waals surface area contributed by atoms with Gasteiger partial charge >= 0.3 is 0 Å². The van der Waals surface area contributed by atoms with Crippen LogP contribution in [0.3, 0.4) is 0 Å². The first-order valence-corrected chi connectivity index (χ1v) is 6.87. The summed E-state index contributed by atoms with van der Waals surface area (Å²) in [5, 5.41) is 12.1. The third kappa shape index (κ3) is 4.16. The number of hydrogen-bond acceptors (Lipinski definition) is 4. The van der Waals surface area contributed by atoms with E-state index in [9.17, 15) is 4.39 Å². The van der Waals surface area contributed by atoms with E-state index in [1.807, 2.05) is 31.0 Å². The minimum atomic E-state index is -0.217. The van der Waals surface area contributed by atoms with Crippen LogP contribution in [0.2, 0.25) is 0 Å². The van der Waals surface area contributed by atoms with Crippen LogP contribution in [-0.2, 0) is 6.54 Å². The van der Waals surface area contributed by atoms with Crippen LogP contribution in [0, 0.1) is 12.7 Å². The van der Waals surface area contributed by atoms with E-state index < -0.39 is 0 Å². The van der Waals surface area contributed by atoms with Crippen LogP contribution in [0.25, 0.3) is 0 Å². The van der Waals surface area contributed by atoms with Crippen LogP contribution in [0.5, 0.6) is 0 Å². The molecule has 0 unspecified atom stereocenters. The normalized spacial score (nSPS) is 10.5. The summed E-state index contributed by atoms with van der Waals surface area (Å²) in [6.45, 7) is 3.18. The summed E-state index contributed by atoms with van der Waals surface area (Å²) in [6.07, 6.45) is 1.76. The first-order valence-electron chi connectivity index (χ1n) is 6.87. The Balaban J connectivity index is 1.97. The number of nitrogens with one attached hydrogen (secondary N) is 1. The van der Waals surface area contributed by atoms with Crippen molar-refractivity contribution in [1.29, 1.82) is 0 Å². The van der Waals surface area contributed by atoms with Crippen molar-refractivity contribution in [2.24, 2.45) is 0 Å². The summed E-state index contributed by atoms with van der Waals surface area (Å²) in [7, 11) is 1.90. The topological polar surface area (TPSA) is 48.4 Å². The summed E-state index contributed by atoms with van der Waals surface area (Å²) in [6, 6.07) is 8.60.